The third-order valence-corrected chi connectivity index (χ3v) is 3.90. The molecule has 0 aliphatic heterocycles. The van der Waals surface area contributed by atoms with Crippen molar-refractivity contribution in [1.82, 2.24) is 14.6 Å². The molecule has 4 rings (SSSR count). The first kappa shape index (κ1) is 14.2. The van der Waals surface area contributed by atoms with Gasteiger partial charge in [-0.2, -0.15) is 4.52 Å². The normalized spacial score (nSPS) is 12.1. The van der Waals surface area contributed by atoms with E-state index in [1.54, 1.807) is 43.5 Å². The zero-order valence-corrected chi connectivity index (χ0v) is 12.8. The summed E-state index contributed by atoms with van der Waals surface area (Å²) < 4.78 is 6.32. The molecule has 0 saturated heterocycles. The van der Waals surface area contributed by atoms with Crippen LogP contribution >= 0.6 is 0 Å². The predicted molar refractivity (Wildman–Crippen MR) is 91.4 cm³/mol. The van der Waals surface area contributed by atoms with Crippen LogP contribution in [-0.4, -0.2) is 21.7 Å². The summed E-state index contributed by atoms with van der Waals surface area (Å²) in [5.74, 6) is 0.730. The van der Waals surface area contributed by atoms with Gasteiger partial charge in [0.2, 0.25) is 0 Å². The molecule has 6 heteroatoms. The van der Waals surface area contributed by atoms with Crippen molar-refractivity contribution in [2.45, 2.75) is 0 Å². The minimum atomic E-state index is -0.356. The summed E-state index contributed by atoms with van der Waals surface area (Å²) in [6, 6.07) is 14.3. The standard InChI is InChI=1S/C18H13N3O3/c1-24-12-8-6-11(7-9-12)10-14-16-19-15-5-3-2-4-13(15)18(23)21(16)20-17(14)22/h2-10H,1H3,(H,20,22)/b14-10-. The van der Waals surface area contributed by atoms with Crippen LogP contribution in [0.5, 0.6) is 5.75 Å². The molecule has 118 valence electrons. The number of fused-ring (bicyclic) bond motifs is 2. The molecule has 0 atom stereocenters. The summed E-state index contributed by atoms with van der Waals surface area (Å²) in [5.41, 5.74) is 1.05. The van der Waals surface area contributed by atoms with E-state index in [4.69, 9.17) is 4.74 Å². The monoisotopic (exact) mass is 319 g/mol. The Kier molecular flexibility index (Phi) is 3.16. The van der Waals surface area contributed by atoms with Crippen LogP contribution in [0, 0.1) is 0 Å². The van der Waals surface area contributed by atoms with Gasteiger partial charge in [-0.3, -0.25) is 14.7 Å². The average molecular weight is 319 g/mol. The number of aromatic amines is 1. The van der Waals surface area contributed by atoms with Crippen LogP contribution in [-0.2, 0) is 0 Å². The predicted octanol–water partition coefficient (Wildman–Crippen LogP) is 1.09. The van der Waals surface area contributed by atoms with Crippen molar-refractivity contribution in [2.75, 3.05) is 7.11 Å². The smallest absolute Gasteiger partial charge is 0.280 e. The molecule has 0 saturated carbocycles. The van der Waals surface area contributed by atoms with Crippen LogP contribution in [0.25, 0.3) is 22.6 Å². The number of para-hydroxylation sites is 1. The van der Waals surface area contributed by atoms with Crippen molar-refractivity contribution in [3.05, 3.63) is 80.0 Å². The molecular formula is C18H13N3O3. The molecule has 0 radical (unpaired) electrons. The minimum absolute atomic E-state index is 0.290. The van der Waals surface area contributed by atoms with Crippen LogP contribution < -0.4 is 21.1 Å². The fourth-order valence-electron chi connectivity index (χ4n) is 2.68. The molecule has 0 fully saturated rings. The Morgan fingerprint density at radius 1 is 1.08 bits per heavy atom. The maximum atomic E-state index is 12.5. The van der Waals surface area contributed by atoms with Gasteiger partial charge in [0.15, 0.2) is 5.65 Å². The topological polar surface area (TPSA) is 76.5 Å². The molecular weight excluding hydrogens is 306 g/mol. The van der Waals surface area contributed by atoms with Gasteiger partial charge in [0.25, 0.3) is 11.1 Å². The molecule has 2 aromatic heterocycles. The molecule has 2 heterocycles. The van der Waals surface area contributed by atoms with Gasteiger partial charge < -0.3 is 4.74 Å². The first-order valence-electron chi connectivity index (χ1n) is 7.36. The molecule has 4 aromatic rings. The van der Waals surface area contributed by atoms with Crippen LogP contribution in [0.2, 0.25) is 0 Å². The van der Waals surface area contributed by atoms with Crippen LogP contribution in [0.15, 0.2) is 58.1 Å². The Morgan fingerprint density at radius 2 is 1.83 bits per heavy atom. The molecule has 2 aromatic carbocycles. The van der Waals surface area contributed by atoms with Gasteiger partial charge >= 0.3 is 0 Å². The fraction of sp³-hybridized carbons (Fsp3) is 0.0556. The molecule has 0 spiro atoms. The number of hydrogen-bond acceptors (Lipinski definition) is 4. The number of aromatic nitrogens is 3. The molecule has 0 bridgehead atoms. The first-order chi connectivity index (χ1) is 11.7. The number of hydrogen-bond donors (Lipinski definition) is 1. The summed E-state index contributed by atoms with van der Waals surface area (Å²) >= 11 is 0. The van der Waals surface area contributed by atoms with Gasteiger partial charge in [0.05, 0.1) is 23.2 Å². The largest absolute Gasteiger partial charge is 0.497 e. The molecule has 0 unspecified atom stereocenters. The number of H-pyrrole nitrogens is 1. The second-order valence-electron chi connectivity index (χ2n) is 5.37. The van der Waals surface area contributed by atoms with Crippen molar-refractivity contribution >= 4 is 22.6 Å². The Balaban J connectivity index is 2.04. The Hall–Kier alpha value is -3.41. The van der Waals surface area contributed by atoms with E-state index >= 15 is 0 Å². The zero-order valence-electron chi connectivity index (χ0n) is 12.8. The number of nitrogens with zero attached hydrogens (tertiary/aromatic N) is 2. The lowest BCUT2D eigenvalue weighted by Crippen LogP contribution is -2.21. The van der Waals surface area contributed by atoms with E-state index in [0.717, 1.165) is 11.3 Å². The Morgan fingerprint density at radius 3 is 2.58 bits per heavy atom. The highest BCUT2D eigenvalue weighted by molar-refractivity contribution is 5.79. The van der Waals surface area contributed by atoms with Gasteiger partial charge in [0, 0.05) is 0 Å². The first-order valence-corrected chi connectivity index (χ1v) is 7.36. The van der Waals surface area contributed by atoms with E-state index in [-0.39, 0.29) is 11.1 Å². The Bertz CT molecular complexity index is 1220. The lowest BCUT2D eigenvalue weighted by Gasteiger charge is -1.99. The van der Waals surface area contributed by atoms with Crippen molar-refractivity contribution in [1.29, 1.82) is 0 Å². The van der Waals surface area contributed by atoms with E-state index in [1.807, 2.05) is 18.2 Å². The van der Waals surface area contributed by atoms with Gasteiger partial charge in [-0.1, -0.05) is 24.3 Å². The summed E-state index contributed by atoms with van der Waals surface area (Å²) in [6.07, 6.45) is 1.70. The zero-order chi connectivity index (χ0) is 16.7. The Labute approximate surface area is 135 Å². The molecule has 6 nitrogen and oxygen atoms in total. The number of benzene rings is 2. The highest BCUT2D eigenvalue weighted by Gasteiger charge is 2.10. The van der Waals surface area contributed by atoms with E-state index < -0.39 is 0 Å². The number of rotatable bonds is 2. The van der Waals surface area contributed by atoms with Crippen molar-refractivity contribution < 1.29 is 4.74 Å². The van der Waals surface area contributed by atoms with Gasteiger partial charge in [-0.15, -0.1) is 0 Å². The van der Waals surface area contributed by atoms with Gasteiger partial charge in [-0.05, 0) is 35.9 Å². The van der Waals surface area contributed by atoms with Crippen LogP contribution in [0.4, 0.5) is 0 Å². The summed E-state index contributed by atoms with van der Waals surface area (Å²) in [5, 5.41) is 3.38. The molecule has 0 aliphatic rings. The van der Waals surface area contributed by atoms with Gasteiger partial charge in [-0.25, -0.2) is 4.98 Å². The third kappa shape index (κ3) is 2.16. The van der Waals surface area contributed by atoms with Crippen LogP contribution in [0.3, 0.4) is 0 Å². The average Bonchev–Trinajstić information content (AvgIpc) is 2.92. The molecule has 1 N–H and O–H groups in total. The van der Waals surface area contributed by atoms with E-state index in [0.29, 0.717) is 21.8 Å². The van der Waals surface area contributed by atoms with Crippen LogP contribution in [0.1, 0.15) is 5.56 Å². The molecule has 0 amide bonds. The van der Waals surface area contributed by atoms with Gasteiger partial charge in [0.1, 0.15) is 5.75 Å². The number of ether oxygens (including phenoxy) is 1. The summed E-state index contributed by atoms with van der Waals surface area (Å²) in [4.78, 5) is 29.3. The lowest BCUT2D eigenvalue weighted by molar-refractivity contribution is 0.415. The molecule has 24 heavy (non-hydrogen) atoms. The highest BCUT2D eigenvalue weighted by Crippen LogP contribution is 2.11. The van der Waals surface area contributed by atoms with E-state index in [1.165, 1.54) is 4.52 Å². The van der Waals surface area contributed by atoms with Crippen molar-refractivity contribution in [3.8, 4) is 5.75 Å². The van der Waals surface area contributed by atoms with Crippen molar-refractivity contribution in [3.63, 3.8) is 0 Å². The highest BCUT2D eigenvalue weighted by atomic mass is 16.5. The van der Waals surface area contributed by atoms with Crippen molar-refractivity contribution in [2.24, 2.45) is 0 Å². The third-order valence-electron chi connectivity index (χ3n) is 3.90. The maximum Gasteiger partial charge on any atom is 0.280 e. The summed E-state index contributed by atoms with van der Waals surface area (Å²) in [6.45, 7) is 0. The SMILES string of the molecule is COc1ccc(/C=c2\c(=O)[nH]n3c(=O)c4ccccc4nc23)cc1. The second-order valence-corrected chi connectivity index (χ2v) is 5.37. The lowest BCUT2D eigenvalue weighted by atomic mass is 10.2. The minimum Gasteiger partial charge on any atom is -0.497 e. The maximum absolute atomic E-state index is 12.5. The van der Waals surface area contributed by atoms with E-state index in [9.17, 15) is 9.59 Å². The molecule has 0 aliphatic carbocycles. The number of nitrogens with one attached hydrogen (secondary N) is 1. The fourth-order valence-corrected chi connectivity index (χ4v) is 2.68. The second kappa shape index (κ2) is 5.34. The summed E-state index contributed by atoms with van der Waals surface area (Å²) in [7, 11) is 1.59. The number of methoxy groups -OCH3 is 1. The quantitative estimate of drug-likeness (QED) is 0.600. The van der Waals surface area contributed by atoms with E-state index in [2.05, 4.69) is 10.1 Å².